The van der Waals surface area contributed by atoms with Gasteiger partial charge in [0.2, 0.25) is 0 Å². The quantitative estimate of drug-likeness (QED) is 0.884. The molecule has 0 aliphatic rings. The first-order chi connectivity index (χ1) is 9.58. The maximum absolute atomic E-state index is 13.3. The fraction of sp³-hybridized carbons (Fsp3) is 0.200. The van der Waals surface area contributed by atoms with Gasteiger partial charge in [-0.05, 0) is 54.4 Å². The summed E-state index contributed by atoms with van der Waals surface area (Å²) in [5, 5.41) is 8.98. The van der Waals surface area contributed by atoms with E-state index in [1.807, 2.05) is 0 Å². The van der Waals surface area contributed by atoms with E-state index in [-0.39, 0.29) is 18.8 Å². The van der Waals surface area contributed by atoms with Crippen molar-refractivity contribution in [3.8, 4) is 11.5 Å². The van der Waals surface area contributed by atoms with E-state index >= 15 is 0 Å². The van der Waals surface area contributed by atoms with Crippen LogP contribution in [-0.4, -0.2) is 17.8 Å². The molecule has 0 bridgehead atoms. The third-order valence-corrected chi connectivity index (χ3v) is 2.78. The Balaban J connectivity index is 2.23. The van der Waals surface area contributed by atoms with Crippen molar-refractivity contribution in [2.24, 2.45) is 5.73 Å². The Morgan fingerprint density at radius 1 is 1.05 bits per heavy atom. The highest BCUT2D eigenvalue weighted by atomic mass is 19.1. The predicted molar refractivity (Wildman–Crippen MR) is 71.6 cm³/mol. The van der Waals surface area contributed by atoms with Crippen LogP contribution in [0.1, 0.15) is 5.56 Å². The zero-order valence-corrected chi connectivity index (χ0v) is 10.7. The summed E-state index contributed by atoms with van der Waals surface area (Å²) in [6.45, 7) is -0.202. The van der Waals surface area contributed by atoms with E-state index in [2.05, 4.69) is 0 Å². The molecule has 0 heterocycles. The topological polar surface area (TPSA) is 55.5 Å². The standard InChI is InChI=1S/C15H15F2NO2/c16-11-1-4-14(5-2-11)20-15-6-3-12(17)7-10(15)8-13(18)9-19/h1-7,13,19H,8-9,18H2. The maximum Gasteiger partial charge on any atom is 0.130 e. The third-order valence-electron chi connectivity index (χ3n) is 2.78. The van der Waals surface area contributed by atoms with E-state index in [1.165, 1.54) is 42.5 Å². The van der Waals surface area contributed by atoms with Gasteiger partial charge in [0, 0.05) is 6.04 Å². The highest BCUT2D eigenvalue weighted by Crippen LogP contribution is 2.27. The summed E-state index contributed by atoms with van der Waals surface area (Å²) in [5.41, 5.74) is 6.21. The van der Waals surface area contributed by atoms with Crippen molar-refractivity contribution in [1.29, 1.82) is 0 Å². The van der Waals surface area contributed by atoms with Crippen molar-refractivity contribution in [1.82, 2.24) is 0 Å². The van der Waals surface area contributed by atoms with Gasteiger partial charge >= 0.3 is 0 Å². The first-order valence-corrected chi connectivity index (χ1v) is 6.17. The molecule has 1 unspecified atom stereocenters. The molecule has 20 heavy (non-hydrogen) atoms. The lowest BCUT2D eigenvalue weighted by Gasteiger charge is -2.14. The van der Waals surface area contributed by atoms with Gasteiger partial charge in [-0.1, -0.05) is 0 Å². The summed E-state index contributed by atoms with van der Waals surface area (Å²) >= 11 is 0. The number of halogens is 2. The molecule has 0 aliphatic carbocycles. The van der Waals surface area contributed by atoms with Gasteiger partial charge < -0.3 is 15.6 Å². The molecule has 2 rings (SSSR count). The minimum Gasteiger partial charge on any atom is -0.457 e. The Hall–Kier alpha value is -1.98. The van der Waals surface area contributed by atoms with Crippen LogP contribution in [0.4, 0.5) is 8.78 Å². The first-order valence-electron chi connectivity index (χ1n) is 6.17. The van der Waals surface area contributed by atoms with Crippen molar-refractivity contribution < 1.29 is 18.6 Å². The van der Waals surface area contributed by atoms with Gasteiger partial charge in [-0.15, -0.1) is 0 Å². The SMILES string of the molecule is NC(CO)Cc1cc(F)ccc1Oc1ccc(F)cc1. The number of ether oxygens (including phenoxy) is 1. The second kappa shape index (κ2) is 6.45. The molecule has 106 valence electrons. The number of hydrogen-bond acceptors (Lipinski definition) is 3. The summed E-state index contributed by atoms with van der Waals surface area (Å²) in [6, 6.07) is 9.09. The van der Waals surface area contributed by atoms with E-state index in [1.54, 1.807) is 0 Å². The van der Waals surface area contributed by atoms with Gasteiger partial charge in [0.25, 0.3) is 0 Å². The summed E-state index contributed by atoms with van der Waals surface area (Å²) in [4.78, 5) is 0. The van der Waals surface area contributed by atoms with E-state index < -0.39 is 11.9 Å². The molecule has 0 aromatic heterocycles. The van der Waals surface area contributed by atoms with Crippen LogP contribution in [0.25, 0.3) is 0 Å². The molecule has 2 aromatic rings. The van der Waals surface area contributed by atoms with Gasteiger partial charge in [-0.25, -0.2) is 8.78 Å². The number of rotatable bonds is 5. The molecule has 0 aliphatic heterocycles. The van der Waals surface area contributed by atoms with Gasteiger partial charge in [0.1, 0.15) is 23.1 Å². The summed E-state index contributed by atoms with van der Waals surface area (Å²) in [5.74, 6) is 0.106. The van der Waals surface area contributed by atoms with E-state index in [0.29, 0.717) is 17.1 Å². The van der Waals surface area contributed by atoms with Crippen LogP contribution in [0.3, 0.4) is 0 Å². The van der Waals surface area contributed by atoms with Crippen LogP contribution in [0.5, 0.6) is 11.5 Å². The van der Waals surface area contributed by atoms with Crippen LogP contribution in [0, 0.1) is 11.6 Å². The number of nitrogens with two attached hydrogens (primary N) is 1. The molecule has 0 amide bonds. The zero-order chi connectivity index (χ0) is 14.5. The fourth-order valence-electron chi connectivity index (χ4n) is 1.78. The second-order valence-electron chi connectivity index (χ2n) is 4.45. The number of benzene rings is 2. The molecule has 0 fully saturated rings. The Labute approximate surface area is 115 Å². The van der Waals surface area contributed by atoms with E-state index in [4.69, 9.17) is 15.6 Å². The molecule has 0 saturated heterocycles. The summed E-state index contributed by atoms with van der Waals surface area (Å²) < 4.78 is 31.7. The molecule has 0 saturated carbocycles. The van der Waals surface area contributed by atoms with Crippen molar-refractivity contribution in [3.63, 3.8) is 0 Å². The monoisotopic (exact) mass is 279 g/mol. The van der Waals surface area contributed by atoms with Crippen molar-refractivity contribution in [2.75, 3.05) is 6.61 Å². The van der Waals surface area contributed by atoms with Gasteiger partial charge in [-0.3, -0.25) is 0 Å². The Bertz CT molecular complexity index is 573. The number of aliphatic hydroxyl groups excluding tert-OH is 1. The van der Waals surface area contributed by atoms with Crippen molar-refractivity contribution in [3.05, 3.63) is 59.7 Å². The fourth-order valence-corrected chi connectivity index (χ4v) is 1.78. The molecular weight excluding hydrogens is 264 g/mol. The van der Waals surface area contributed by atoms with E-state index in [9.17, 15) is 8.78 Å². The molecular formula is C15H15F2NO2. The third kappa shape index (κ3) is 3.76. The molecule has 0 spiro atoms. The van der Waals surface area contributed by atoms with Crippen LogP contribution < -0.4 is 10.5 Å². The van der Waals surface area contributed by atoms with Crippen LogP contribution in [-0.2, 0) is 6.42 Å². The Morgan fingerprint density at radius 2 is 1.70 bits per heavy atom. The van der Waals surface area contributed by atoms with Gasteiger partial charge in [0.05, 0.1) is 6.61 Å². The van der Waals surface area contributed by atoms with Crippen molar-refractivity contribution >= 4 is 0 Å². The smallest absolute Gasteiger partial charge is 0.130 e. The highest BCUT2D eigenvalue weighted by molar-refractivity contribution is 5.38. The van der Waals surface area contributed by atoms with Crippen LogP contribution in [0.2, 0.25) is 0 Å². The Kier molecular flexibility index (Phi) is 4.65. The van der Waals surface area contributed by atoms with Gasteiger partial charge in [-0.2, -0.15) is 0 Å². The normalized spacial score (nSPS) is 12.2. The molecule has 0 radical (unpaired) electrons. The number of aliphatic hydroxyl groups is 1. The minimum atomic E-state index is -0.493. The van der Waals surface area contributed by atoms with Gasteiger partial charge in [0.15, 0.2) is 0 Å². The molecule has 2 aromatic carbocycles. The van der Waals surface area contributed by atoms with E-state index in [0.717, 1.165) is 0 Å². The zero-order valence-electron chi connectivity index (χ0n) is 10.7. The first kappa shape index (κ1) is 14.4. The Morgan fingerprint density at radius 3 is 2.35 bits per heavy atom. The molecule has 3 N–H and O–H groups in total. The lowest BCUT2D eigenvalue weighted by Crippen LogP contribution is -2.27. The van der Waals surface area contributed by atoms with Crippen LogP contribution >= 0.6 is 0 Å². The summed E-state index contributed by atoms with van der Waals surface area (Å²) in [6.07, 6.45) is 0.283. The lowest BCUT2D eigenvalue weighted by atomic mass is 10.1. The molecule has 1 atom stereocenters. The summed E-state index contributed by atoms with van der Waals surface area (Å²) in [7, 11) is 0. The molecule has 3 nitrogen and oxygen atoms in total. The average Bonchev–Trinajstić information content (AvgIpc) is 2.44. The van der Waals surface area contributed by atoms with Crippen molar-refractivity contribution in [2.45, 2.75) is 12.5 Å². The lowest BCUT2D eigenvalue weighted by molar-refractivity contribution is 0.264. The predicted octanol–water partition coefficient (Wildman–Crippen LogP) is 2.62. The largest absolute Gasteiger partial charge is 0.457 e. The highest BCUT2D eigenvalue weighted by Gasteiger charge is 2.11. The second-order valence-corrected chi connectivity index (χ2v) is 4.45. The average molecular weight is 279 g/mol. The minimum absolute atomic E-state index is 0.202. The van der Waals surface area contributed by atoms with Crippen LogP contribution in [0.15, 0.2) is 42.5 Å². The maximum atomic E-state index is 13.3. The number of hydrogen-bond donors (Lipinski definition) is 2. The molecule has 5 heteroatoms.